The fraction of sp³-hybridized carbons (Fsp3) is 0.941. The van der Waals surface area contributed by atoms with Crippen LogP contribution in [0.2, 0.25) is 0 Å². The first-order valence-electron chi connectivity index (χ1n) is 9.01. The van der Waals surface area contributed by atoms with E-state index in [0.717, 1.165) is 25.7 Å². The molecule has 4 nitrogen and oxygen atoms in total. The predicted molar refractivity (Wildman–Crippen MR) is 91.6 cm³/mol. The van der Waals surface area contributed by atoms with Crippen LogP contribution in [0.25, 0.3) is 5.53 Å². The van der Waals surface area contributed by atoms with Crippen molar-refractivity contribution in [3.8, 4) is 0 Å². The average molecular weight is 329 g/mol. The highest BCUT2D eigenvalue weighted by atomic mass is 32.2. The molecule has 0 radical (unpaired) electrons. The second-order valence-corrected chi connectivity index (χ2v) is 8.77. The van der Waals surface area contributed by atoms with E-state index in [2.05, 4.69) is 11.7 Å². The summed E-state index contributed by atoms with van der Waals surface area (Å²) in [6.45, 7) is 2.25. The molecule has 128 valence electrons. The van der Waals surface area contributed by atoms with Crippen LogP contribution in [0.4, 0.5) is 0 Å². The molecule has 1 rings (SSSR count). The lowest BCUT2D eigenvalue weighted by atomic mass is 9.85. The van der Waals surface area contributed by atoms with Gasteiger partial charge in [0.2, 0.25) is 9.84 Å². The summed E-state index contributed by atoms with van der Waals surface area (Å²) < 4.78 is 23.6. The Labute approximate surface area is 136 Å². The van der Waals surface area contributed by atoms with Crippen molar-refractivity contribution in [1.82, 2.24) is 0 Å². The van der Waals surface area contributed by atoms with Gasteiger partial charge in [-0.3, -0.25) is 0 Å². The van der Waals surface area contributed by atoms with E-state index in [0.29, 0.717) is 11.5 Å². The van der Waals surface area contributed by atoms with E-state index < -0.39 is 9.84 Å². The summed E-state index contributed by atoms with van der Waals surface area (Å²) in [7, 11) is -3.34. The van der Waals surface area contributed by atoms with Crippen LogP contribution in [0.1, 0.15) is 90.4 Å². The van der Waals surface area contributed by atoms with E-state index in [1.807, 2.05) is 0 Å². The molecular formula is C17H32N2O2S. The third-order valence-electron chi connectivity index (χ3n) is 4.92. The summed E-state index contributed by atoms with van der Waals surface area (Å²) in [6.07, 6.45) is 15.4. The molecule has 0 unspecified atom stereocenters. The molecule has 0 aromatic heterocycles. The SMILES string of the molecule is CCCCCCCCCCC1CCC(S(=O)(=O)C=[N+]=[N-])CC1. The van der Waals surface area contributed by atoms with Crippen molar-refractivity contribution >= 4 is 15.4 Å². The Morgan fingerprint density at radius 1 is 0.955 bits per heavy atom. The number of nitrogens with zero attached hydrogens (tertiary/aromatic N) is 2. The molecule has 5 heteroatoms. The van der Waals surface area contributed by atoms with Gasteiger partial charge in [0.15, 0.2) is 0 Å². The Balaban J connectivity index is 2.07. The summed E-state index contributed by atoms with van der Waals surface area (Å²) in [5.41, 5.74) is 9.11. The summed E-state index contributed by atoms with van der Waals surface area (Å²) >= 11 is 0. The minimum atomic E-state index is -3.34. The third-order valence-corrected chi connectivity index (χ3v) is 6.71. The number of unbranched alkanes of at least 4 members (excludes halogenated alkanes) is 7. The van der Waals surface area contributed by atoms with E-state index in [1.54, 1.807) is 0 Å². The lowest BCUT2D eigenvalue weighted by molar-refractivity contribution is 0.00742. The molecule has 22 heavy (non-hydrogen) atoms. The van der Waals surface area contributed by atoms with E-state index in [9.17, 15) is 8.42 Å². The van der Waals surface area contributed by atoms with Gasteiger partial charge in [-0.1, -0.05) is 64.7 Å². The molecule has 0 aromatic carbocycles. The van der Waals surface area contributed by atoms with Crippen LogP contribution < -0.4 is 0 Å². The monoisotopic (exact) mass is 328 g/mol. The van der Waals surface area contributed by atoms with Crippen LogP contribution in [-0.4, -0.2) is 24.0 Å². The van der Waals surface area contributed by atoms with Gasteiger partial charge in [0.25, 0.3) is 0 Å². The van der Waals surface area contributed by atoms with Crippen molar-refractivity contribution < 1.29 is 13.2 Å². The normalized spacial score (nSPS) is 22.2. The van der Waals surface area contributed by atoms with Gasteiger partial charge in [-0.05, 0) is 31.6 Å². The fourth-order valence-corrected chi connectivity index (χ4v) is 4.70. The molecule has 0 aromatic rings. The highest BCUT2D eigenvalue weighted by molar-refractivity contribution is 8.04. The van der Waals surface area contributed by atoms with Gasteiger partial charge in [-0.2, -0.15) is 4.79 Å². The molecule has 0 N–H and O–H groups in total. The van der Waals surface area contributed by atoms with Gasteiger partial charge < -0.3 is 5.53 Å². The van der Waals surface area contributed by atoms with Gasteiger partial charge in [0, 0.05) is 0 Å². The molecule has 1 aliphatic rings. The second kappa shape index (κ2) is 11.0. The maximum Gasteiger partial charge on any atom is 0.370 e. The summed E-state index contributed by atoms with van der Waals surface area (Å²) in [5.74, 6) is 0.692. The minimum absolute atomic E-state index is 0.335. The molecule has 0 aliphatic heterocycles. The largest absolute Gasteiger partial charge is 0.370 e. The van der Waals surface area contributed by atoms with Crippen molar-refractivity contribution in [2.75, 3.05) is 0 Å². The Morgan fingerprint density at radius 3 is 2.05 bits per heavy atom. The molecular weight excluding hydrogens is 296 g/mol. The number of rotatable bonds is 11. The first kappa shape index (κ1) is 19.4. The zero-order chi connectivity index (χ0) is 16.3. The van der Waals surface area contributed by atoms with E-state index in [1.165, 1.54) is 57.8 Å². The van der Waals surface area contributed by atoms with Gasteiger partial charge >= 0.3 is 5.55 Å². The van der Waals surface area contributed by atoms with Crippen molar-refractivity contribution in [3.63, 3.8) is 0 Å². The molecule has 0 amide bonds. The summed E-state index contributed by atoms with van der Waals surface area (Å²) in [5, 5.41) is -0.335. The Kier molecular flexibility index (Phi) is 9.65. The van der Waals surface area contributed by atoms with Gasteiger partial charge in [0.05, 0.1) is 5.25 Å². The van der Waals surface area contributed by atoms with Crippen molar-refractivity contribution in [2.45, 2.75) is 95.6 Å². The molecule has 1 saturated carbocycles. The number of sulfone groups is 1. The molecule has 1 fully saturated rings. The first-order chi connectivity index (χ1) is 10.6. The molecule has 0 heterocycles. The Bertz CT molecular complexity index is 434. The second-order valence-electron chi connectivity index (χ2n) is 6.72. The lowest BCUT2D eigenvalue weighted by Gasteiger charge is -2.26. The maximum absolute atomic E-state index is 11.8. The molecule has 0 bridgehead atoms. The zero-order valence-corrected chi connectivity index (χ0v) is 14.9. The molecule has 1 aliphatic carbocycles. The van der Waals surface area contributed by atoms with Crippen LogP contribution in [0.5, 0.6) is 0 Å². The first-order valence-corrected chi connectivity index (χ1v) is 10.6. The molecule has 0 atom stereocenters. The van der Waals surface area contributed by atoms with Crippen LogP contribution in [0.15, 0.2) is 0 Å². The standard InChI is InChI=1S/C17H32N2O2S/c1-2-3-4-5-6-7-8-9-10-16-11-13-17(14-12-16)22(20,21)15-19-18/h15-17H,2-14H2,1H3. The van der Waals surface area contributed by atoms with Crippen molar-refractivity contribution in [3.05, 3.63) is 5.53 Å². The highest BCUT2D eigenvalue weighted by Gasteiger charge is 2.31. The van der Waals surface area contributed by atoms with Crippen LogP contribution in [0.3, 0.4) is 0 Å². The van der Waals surface area contributed by atoms with Gasteiger partial charge in [-0.25, -0.2) is 8.42 Å². The predicted octanol–water partition coefficient (Wildman–Crippen LogP) is 4.75. The molecule has 0 spiro atoms. The van der Waals surface area contributed by atoms with Crippen LogP contribution in [-0.2, 0) is 9.84 Å². The summed E-state index contributed by atoms with van der Waals surface area (Å²) in [6, 6.07) is 0. The molecule has 0 saturated heterocycles. The third kappa shape index (κ3) is 7.55. The van der Waals surface area contributed by atoms with E-state index >= 15 is 0 Å². The summed E-state index contributed by atoms with van der Waals surface area (Å²) in [4.78, 5) is 2.69. The van der Waals surface area contributed by atoms with E-state index in [-0.39, 0.29) is 5.25 Å². The van der Waals surface area contributed by atoms with Crippen molar-refractivity contribution in [1.29, 1.82) is 0 Å². The fourth-order valence-electron chi connectivity index (χ4n) is 3.47. The highest BCUT2D eigenvalue weighted by Crippen LogP contribution is 2.31. The topological polar surface area (TPSA) is 70.5 Å². The van der Waals surface area contributed by atoms with Gasteiger partial charge in [0.1, 0.15) is 0 Å². The smallest absolute Gasteiger partial charge is 0.361 e. The lowest BCUT2D eigenvalue weighted by Crippen LogP contribution is -2.28. The Hall–Kier alpha value is -0.670. The number of hydrogen-bond donors (Lipinski definition) is 0. The van der Waals surface area contributed by atoms with Crippen LogP contribution >= 0.6 is 0 Å². The minimum Gasteiger partial charge on any atom is -0.361 e. The quantitative estimate of drug-likeness (QED) is 0.180. The average Bonchev–Trinajstić information content (AvgIpc) is 2.50. The maximum atomic E-state index is 11.8. The van der Waals surface area contributed by atoms with Gasteiger partial charge in [-0.15, -0.1) is 0 Å². The van der Waals surface area contributed by atoms with Crippen LogP contribution in [0, 0.1) is 5.92 Å². The van der Waals surface area contributed by atoms with Crippen molar-refractivity contribution in [2.24, 2.45) is 5.92 Å². The van der Waals surface area contributed by atoms with E-state index in [4.69, 9.17) is 5.53 Å². The Morgan fingerprint density at radius 2 is 1.50 bits per heavy atom. The zero-order valence-electron chi connectivity index (χ0n) is 14.0. The number of hydrogen-bond acceptors (Lipinski definition) is 2.